The summed E-state index contributed by atoms with van der Waals surface area (Å²) >= 11 is 0. The molecule has 0 aliphatic heterocycles. The molecule has 2 N–H and O–H groups in total. The molecule has 2 aromatic carbocycles. The van der Waals surface area contributed by atoms with Crippen molar-refractivity contribution in [2.45, 2.75) is 40.0 Å². The monoisotopic (exact) mass is 422 g/mol. The highest BCUT2D eigenvalue weighted by molar-refractivity contribution is 6.05. The Morgan fingerprint density at radius 2 is 1.81 bits per heavy atom. The van der Waals surface area contributed by atoms with Gasteiger partial charge in [0.1, 0.15) is 5.75 Å². The van der Waals surface area contributed by atoms with Crippen molar-refractivity contribution in [1.29, 1.82) is 0 Å². The summed E-state index contributed by atoms with van der Waals surface area (Å²) in [6.45, 7) is 10.1. The van der Waals surface area contributed by atoms with Crippen LogP contribution in [0.15, 0.2) is 36.5 Å². The molecule has 8 heteroatoms. The third-order valence-corrected chi connectivity index (χ3v) is 5.02. The fourth-order valence-corrected chi connectivity index (χ4v) is 3.24. The normalized spacial score (nSPS) is 11.3. The molecule has 3 aromatic rings. The van der Waals surface area contributed by atoms with Crippen LogP contribution in [0.5, 0.6) is 5.75 Å². The Labute approximate surface area is 180 Å². The molecule has 0 aliphatic rings. The first-order valence-corrected chi connectivity index (χ1v) is 9.78. The van der Waals surface area contributed by atoms with Crippen LogP contribution in [-0.2, 0) is 5.41 Å². The molecule has 0 spiro atoms. The van der Waals surface area contributed by atoms with E-state index >= 15 is 0 Å². The summed E-state index contributed by atoms with van der Waals surface area (Å²) in [5, 5.41) is 19.5. The van der Waals surface area contributed by atoms with Crippen LogP contribution in [0.4, 0.5) is 5.69 Å². The van der Waals surface area contributed by atoms with Gasteiger partial charge in [-0.15, -0.1) is 5.10 Å². The molecule has 0 saturated heterocycles. The molecule has 31 heavy (non-hydrogen) atoms. The number of nitrogens with one attached hydrogen (secondary N) is 1. The van der Waals surface area contributed by atoms with Gasteiger partial charge in [0, 0.05) is 5.56 Å². The highest BCUT2D eigenvalue weighted by Gasteiger charge is 2.20. The number of nitrogens with zero attached hydrogens (tertiary/aromatic N) is 3. The third-order valence-electron chi connectivity index (χ3n) is 5.02. The second-order valence-corrected chi connectivity index (χ2v) is 8.43. The number of methoxy groups -OCH3 is 1. The van der Waals surface area contributed by atoms with Gasteiger partial charge in [0.25, 0.3) is 5.91 Å². The molecule has 0 atom stereocenters. The Kier molecular flexibility index (Phi) is 5.83. The number of rotatable bonds is 5. The number of hydrogen-bond acceptors (Lipinski definition) is 5. The number of carbonyl (C=O) groups is 2. The maximum absolute atomic E-state index is 13.1. The van der Waals surface area contributed by atoms with Gasteiger partial charge in [0.2, 0.25) is 0 Å². The van der Waals surface area contributed by atoms with Crippen LogP contribution in [-0.4, -0.2) is 39.1 Å². The number of aromatic carboxylic acids is 1. The van der Waals surface area contributed by atoms with Gasteiger partial charge in [-0.3, -0.25) is 4.79 Å². The van der Waals surface area contributed by atoms with Gasteiger partial charge in [-0.05, 0) is 54.2 Å². The Morgan fingerprint density at radius 3 is 2.39 bits per heavy atom. The summed E-state index contributed by atoms with van der Waals surface area (Å²) in [6.07, 6.45) is 1.31. The van der Waals surface area contributed by atoms with Crippen LogP contribution < -0.4 is 10.1 Å². The lowest BCUT2D eigenvalue weighted by molar-refractivity contribution is 0.0690. The number of carbonyl (C=O) groups excluding carboxylic acids is 1. The van der Waals surface area contributed by atoms with Crippen LogP contribution in [0.2, 0.25) is 0 Å². The number of carboxylic acids is 1. The summed E-state index contributed by atoms with van der Waals surface area (Å²) < 4.78 is 6.87. The minimum Gasteiger partial charge on any atom is -0.494 e. The molecule has 3 rings (SSSR count). The van der Waals surface area contributed by atoms with E-state index < -0.39 is 5.97 Å². The second kappa shape index (κ2) is 8.22. The molecular formula is C23H26N4O4. The maximum atomic E-state index is 13.1. The van der Waals surface area contributed by atoms with Crippen LogP contribution >= 0.6 is 0 Å². The van der Waals surface area contributed by atoms with Gasteiger partial charge >= 0.3 is 5.97 Å². The van der Waals surface area contributed by atoms with E-state index in [1.54, 1.807) is 25.3 Å². The lowest BCUT2D eigenvalue weighted by Crippen LogP contribution is -2.16. The minimum atomic E-state index is -1.17. The molecular weight excluding hydrogens is 396 g/mol. The molecule has 0 unspecified atom stereocenters. The molecule has 1 amide bonds. The Bertz CT molecular complexity index is 1160. The van der Waals surface area contributed by atoms with E-state index in [-0.39, 0.29) is 17.0 Å². The van der Waals surface area contributed by atoms with E-state index in [0.717, 1.165) is 16.7 Å². The quantitative estimate of drug-likeness (QED) is 0.640. The highest BCUT2D eigenvalue weighted by Crippen LogP contribution is 2.35. The van der Waals surface area contributed by atoms with Gasteiger partial charge in [0.05, 0.1) is 24.7 Å². The average Bonchev–Trinajstić information content (AvgIpc) is 3.17. The lowest BCUT2D eigenvalue weighted by Gasteiger charge is -2.23. The third kappa shape index (κ3) is 4.58. The lowest BCUT2D eigenvalue weighted by atomic mass is 9.85. The van der Waals surface area contributed by atoms with Crippen molar-refractivity contribution in [2.24, 2.45) is 0 Å². The summed E-state index contributed by atoms with van der Waals surface area (Å²) in [5.41, 5.74) is 4.12. The predicted molar refractivity (Wildman–Crippen MR) is 117 cm³/mol. The fourth-order valence-electron chi connectivity index (χ4n) is 3.24. The van der Waals surface area contributed by atoms with Gasteiger partial charge < -0.3 is 15.2 Å². The number of anilines is 1. The van der Waals surface area contributed by atoms with Crippen molar-refractivity contribution in [3.05, 3.63) is 64.5 Å². The number of aromatic nitrogens is 3. The van der Waals surface area contributed by atoms with Crippen LogP contribution in [0.25, 0.3) is 5.69 Å². The smallest absolute Gasteiger partial charge is 0.358 e. The largest absolute Gasteiger partial charge is 0.494 e. The standard InChI is InChI=1S/C23H26N4O4/c1-13-7-8-15(10-19(13)27-12-18(22(29)30)25-26-27)21(28)24-17-11-16(23(3,4)5)9-14(2)20(17)31-6/h7-12H,1-6H3,(H,24,28)(H,29,30). The molecule has 0 aliphatic carbocycles. The average molecular weight is 422 g/mol. The van der Waals surface area contributed by atoms with E-state index in [2.05, 4.69) is 42.5 Å². The number of hydrogen-bond donors (Lipinski definition) is 2. The number of benzene rings is 2. The second-order valence-electron chi connectivity index (χ2n) is 8.43. The predicted octanol–water partition coefficient (Wildman–Crippen LogP) is 4.14. The van der Waals surface area contributed by atoms with Crippen molar-refractivity contribution in [3.63, 3.8) is 0 Å². The molecule has 8 nitrogen and oxygen atoms in total. The number of aryl methyl sites for hydroxylation is 2. The Hall–Kier alpha value is -3.68. The van der Waals surface area contributed by atoms with E-state index in [9.17, 15) is 9.59 Å². The maximum Gasteiger partial charge on any atom is 0.358 e. The molecule has 1 heterocycles. The van der Waals surface area contributed by atoms with Crippen molar-refractivity contribution < 1.29 is 19.4 Å². The van der Waals surface area contributed by atoms with Crippen molar-refractivity contribution >= 4 is 17.6 Å². The zero-order valence-electron chi connectivity index (χ0n) is 18.5. The van der Waals surface area contributed by atoms with Crippen molar-refractivity contribution in [2.75, 3.05) is 12.4 Å². The van der Waals surface area contributed by atoms with E-state index in [1.165, 1.54) is 10.9 Å². The van der Waals surface area contributed by atoms with Crippen molar-refractivity contribution in [3.8, 4) is 11.4 Å². The molecule has 162 valence electrons. The summed E-state index contributed by atoms with van der Waals surface area (Å²) in [7, 11) is 1.57. The fraction of sp³-hybridized carbons (Fsp3) is 0.304. The first-order chi connectivity index (χ1) is 14.5. The van der Waals surface area contributed by atoms with Gasteiger partial charge in [-0.25, -0.2) is 9.48 Å². The number of carboxylic acid groups (broad SMARTS) is 1. The molecule has 0 radical (unpaired) electrons. The summed E-state index contributed by atoms with van der Waals surface area (Å²) in [4.78, 5) is 24.2. The van der Waals surface area contributed by atoms with Crippen LogP contribution in [0, 0.1) is 13.8 Å². The van der Waals surface area contributed by atoms with E-state index in [0.29, 0.717) is 22.7 Å². The molecule has 0 fully saturated rings. The van der Waals surface area contributed by atoms with E-state index in [1.807, 2.05) is 19.9 Å². The summed E-state index contributed by atoms with van der Waals surface area (Å²) in [5.74, 6) is -0.876. The first kappa shape index (κ1) is 22.0. The molecule has 1 aromatic heterocycles. The highest BCUT2D eigenvalue weighted by atomic mass is 16.5. The van der Waals surface area contributed by atoms with Crippen LogP contribution in [0.3, 0.4) is 0 Å². The zero-order chi connectivity index (χ0) is 22.9. The van der Waals surface area contributed by atoms with E-state index in [4.69, 9.17) is 9.84 Å². The topological polar surface area (TPSA) is 106 Å². The number of amides is 1. The molecule has 0 saturated carbocycles. The Balaban J connectivity index is 1.97. The van der Waals surface area contributed by atoms with Crippen LogP contribution in [0.1, 0.15) is 58.3 Å². The zero-order valence-corrected chi connectivity index (χ0v) is 18.5. The Morgan fingerprint density at radius 1 is 1.10 bits per heavy atom. The minimum absolute atomic E-state index is 0.0948. The summed E-state index contributed by atoms with van der Waals surface area (Å²) in [6, 6.07) is 9.12. The SMILES string of the molecule is COc1c(C)cc(C(C)(C)C)cc1NC(=O)c1ccc(C)c(-n2cc(C(=O)O)nn2)c1. The molecule has 0 bridgehead atoms. The van der Waals surface area contributed by atoms with Gasteiger partial charge in [-0.1, -0.05) is 38.1 Å². The van der Waals surface area contributed by atoms with Gasteiger partial charge in [-0.2, -0.15) is 0 Å². The first-order valence-electron chi connectivity index (χ1n) is 9.78. The number of ether oxygens (including phenoxy) is 1. The van der Waals surface area contributed by atoms with Crippen molar-refractivity contribution in [1.82, 2.24) is 15.0 Å². The van der Waals surface area contributed by atoms with Gasteiger partial charge in [0.15, 0.2) is 5.69 Å².